The molecule has 0 spiro atoms. The Hall–Kier alpha value is -3.99. The molecule has 4 rings (SSSR count). The summed E-state index contributed by atoms with van der Waals surface area (Å²) < 4.78 is 48.0. The van der Waals surface area contributed by atoms with Crippen LogP contribution < -0.4 is 10.1 Å². The van der Waals surface area contributed by atoms with Crippen molar-refractivity contribution in [3.8, 4) is 29.1 Å². The van der Waals surface area contributed by atoms with Gasteiger partial charge in [-0.3, -0.25) is 9.59 Å². The summed E-state index contributed by atoms with van der Waals surface area (Å²) >= 11 is 0. The van der Waals surface area contributed by atoms with E-state index in [0.29, 0.717) is 36.9 Å². The second-order valence-corrected chi connectivity index (χ2v) is 10.4. The lowest BCUT2D eigenvalue weighted by Crippen LogP contribution is -2.44. The molecule has 1 saturated heterocycles. The summed E-state index contributed by atoms with van der Waals surface area (Å²) in [6.45, 7) is 5.28. The Morgan fingerprint density at radius 1 is 1.18 bits per heavy atom. The third-order valence-corrected chi connectivity index (χ3v) is 7.15. The molecule has 2 amide bonds. The smallest absolute Gasteiger partial charge is 0.393 e. The summed E-state index contributed by atoms with van der Waals surface area (Å²) in [4.78, 5) is 28.1. The van der Waals surface area contributed by atoms with Gasteiger partial charge in [-0.05, 0) is 69.4 Å². The van der Waals surface area contributed by atoms with Gasteiger partial charge in [0.05, 0.1) is 36.9 Å². The molecule has 2 aliphatic rings. The lowest BCUT2D eigenvalue weighted by Gasteiger charge is -2.30. The van der Waals surface area contributed by atoms with Crippen LogP contribution in [0.15, 0.2) is 18.2 Å². The van der Waals surface area contributed by atoms with Gasteiger partial charge in [-0.1, -0.05) is 0 Å². The minimum Gasteiger partial charge on any atom is -0.496 e. The number of nitrogens with one attached hydrogen (secondary N) is 1. The van der Waals surface area contributed by atoms with Gasteiger partial charge in [0.2, 0.25) is 0 Å². The number of likely N-dealkylation sites (tertiary alicyclic amines) is 1. The summed E-state index contributed by atoms with van der Waals surface area (Å²) in [5.74, 6) is -0.882. The fraction of sp³-hybridized carbons (Fsp3) is 0.481. The molecule has 0 radical (unpaired) electrons. The van der Waals surface area contributed by atoms with Crippen LogP contribution in [0, 0.1) is 22.7 Å². The zero-order chi connectivity index (χ0) is 28.0. The number of fused-ring (bicyclic) bond motifs is 3. The van der Waals surface area contributed by atoms with Crippen LogP contribution in [-0.2, 0) is 19.4 Å². The number of halogens is 3. The highest BCUT2D eigenvalue weighted by molar-refractivity contribution is 6.00. The van der Waals surface area contributed by atoms with Crippen molar-refractivity contribution in [3.05, 3.63) is 40.6 Å². The van der Waals surface area contributed by atoms with E-state index in [1.165, 1.54) is 38.0 Å². The average molecular weight is 528 g/mol. The standard InChI is InChI=1S/C27H28F3N5O3/c1-25(2,14-31)33-23(36)19-12-18-16(11-21(19)38-4)6-9-34-20(10-17(22(18)34)13-27(28,29)30)24(37)35-8-5-7-26(35,3)15-32/h10-12H,5-9,13H2,1-4H3,(H,33,36)/t26-/m1/s1. The van der Waals surface area contributed by atoms with Gasteiger partial charge in [0.25, 0.3) is 11.8 Å². The van der Waals surface area contributed by atoms with Crippen molar-refractivity contribution in [3.63, 3.8) is 0 Å². The van der Waals surface area contributed by atoms with Gasteiger partial charge in [-0.2, -0.15) is 23.7 Å². The van der Waals surface area contributed by atoms with Crippen LogP contribution in [0.5, 0.6) is 5.75 Å². The Balaban J connectivity index is 1.89. The van der Waals surface area contributed by atoms with Gasteiger partial charge in [-0.15, -0.1) is 0 Å². The first-order chi connectivity index (χ1) is 17.7. The van der Waals surface area contributed by atoms with E-state index in [4.69, 9.17) is 4.74 Å². The normalized spacial score (nSPS) is 18.7. The third kappa shape index (κ3) is 4.81. The fourth-order valence-electron chi connectivity index (χ4n) is 5.23. The van der Waals surface area contributed by atoms with Gasteiger partial charge in [-0.25, -0.2) is 0 Å². The molecule has 0 bridgehead atoms. The van der Waals surface area contributed by atoms with E-state index in [-0.39, 0.29) is 34.8 Å². The molecule has 1 aromatic carbocycles. The lowest BCUT2D eigenvalue weighted by atomic mass is 9.92. The zero-order valence-electron chi connectivity index (χ0n) is 21.6. The van der Waals surface area contributed by atoms with E-state index in [1.807, 2.05) is 6.07 Å². The molecular weight excluding hydrogens is 499 g/mol. The van der Waals surface area contributed by atoms with E-state index in [2.05, 4.69) is 11.4 Å². The first kappa shape index (κ1) is 27.1. The van der Waals surface area contributed by atoms with Crippen molar-refractivity contribution >= 4 is 11.8 Å². The minimum atomic E-state index is -4.54. The predicted molar refractivity (Wildman–Crippen MR) is 131 cm³/mol. The molecular formula is C27H28F3N5O3. The quantitative estimate of drug-likeness (QED) is 0.621. The summed E-state index contributed by atoms with van der Waals surface area (Å²) in [6.07, 6.45) is -4.31. The molecule has 2 aromatic rings. The number of hydrogen-bond donors (Lipinski definition) is 1. The molecule has 200 valence electrons. The number of carbonyl (C=O) groups is 2. The van der Waals surface area contributed by atoms with Crippen molar-refractivity contribution in [1.82, 2.24) is 14.8 Å². The SMILES string of the molecule is COc1cc2c(cc1C(=O)NC(C)(C)C#N)-c1c(CC(F)(F)F)cc(C(=O)N3CCC[C@]3(C)C#N)n1CC2. The number of hydrogen-bond acceptors (Lipinski definition) is 5. The lowest BCUT2D eigenvalue weighted by molar-refractivity contribution is -0.127. The number of alkyl halides is 3. The van der Waals surface area contributed by atoms with Gasteiger partial charge >= 0.3 is 6.18 Å². The highest BCUT2D eigenvalue weighted by Gasteiger charge is 2.42. The molecule has 0 aliphatic carbocycles. The average Bonchev–Trinajstić information content (AvgIpc) is 3.42. The molecule has 38 heavy (non-hydrogen) atoms. The van der Waals surface area contributed by atoms with E-state index < -0.39 is 35.5 Å². The molecule has 0 unspecified atom stereocenters. The van der Waals surface area contributed by atoms with E-state index in [0.717, 1.165) is 0 Å². The van der Waals surface area contributed by atoms with Crippen molar-refractivity contribution in [2.24, 2.45) is 0 Å². The minimum absolute atomic E-state index is 0.0617. The first-order valence-corrected chi connectivity index (χ1v) is 12.2. The monoisotopic (exact) mass is 527 g/mol. The van der Waals surface area contributed by atoms with Gasteiger partial charge in [0, 0.05) is 18.7 Å². The van der Waals surface area contributed by atoms with Gasteiger partial charge < -0.3 is 19.5 Å². The summed E-state index contributed by atoms with van der Waals surface area (Å²) in [7, 11) is 1.38. The van der Waals surface area contributed by atoms with E-state index in [1.54, 1.807) is 17.6 Å². The zero-order valence-corrected chi connectivity index (χ0v) is 21.6. The molecule has 8 nitrogen and oxygen atoms in total. The Morgan fingerprint density at radius 2 is 1.89 bits per heavy atom. The predicted octanol–water partition coefficient (Wildman–Crippen LogP) is 4.37. The molecule has 1 fully saturated rings. The van der Waals surface area contributed by atoms with Crippen LogP contribution in [0.2, 0.25) is 0 Å². The Morgan fingerprint density at radius 3 is 2.50 bits per heavy atom. The number of carbonyl (C=O) groups excluding carboxylic acids is 2. The number of aromatic nitrogens is 1. The molecule has 1 aromatic heterocycles. The number of aryl methyl sites for hydroxylation is 1. The highest BCUT2D eigenvalue weighted by Crippen LogP contribution is 2.41. The molecule has 3 heterocycles. The third-order valence-electron chi connectivity index (χ3n) is 7.15. The molecule has 2 aliphatic heterocycles. The van der Waals surface area contributed by atoms with E-state index >= 15 is 0 Å². The fourth-order valence-corrected chi connectivity index (χ4v) is 5.23. The van der Waals surface area contributed by atoms with Crippen molar-refractivity contribution in [1.29, 1.82) is 10.5 Å². The maximum absolute atomic E-state index is 13.7. The number of nitrogens with zero attached hydrogens (tertiary/aromatic N) is 4. The number of benzene rings is 1. The van der Waals surface area contributed by atoms with Crippen molar-refractivity contribution in [2.45, 2.75) is 70.3 Å². The molecule has 0 saturated carbocycles. The highest BCUT2D eigenvalue weighted by atomic mass is 19.4. The summed E-state index contributed by atoms with van der Waals surface area (Å²) in [5.41, 5.74) is -0.900. The molecule has 11 heteroatoms. The summed E-state index contributed by atoms with van der Waals surface area (Å²) in [5, 5.41) is 21.6. The van der Waals surface area contributed by atoms with Crippen molar-refractivity contribution < 1.29 is 27.5 Å². The second kappa shape index (κ2) is 9.39. The Labute approximate surface area is 218 Å². The topological polar surface area (TPSA) is 111 Å². The molecule has 1 N–H and O–H groups in total. The first-order valence-electron chi connectivity index (χ1n) is 12.2. The Bertz CT molecular complexity index is 1400. The van der Waals surface area contributed by atoms with Crippen molar-refractivity contribution in [2.75, 3.05) is 13.7 Å². The number of nitriles is 2. The largest absolute Gasteiger partial charge is 0.496 e. The number of ether oxygens (including phenoxy) is 1. The van der Waals surface area contributed by atoms with Crippen LogP contribution in [0.3, 0.4) is 0 Å². The van der Waals surface area contributed by atoms with E-state index in [9.17, 15) is 33.3 Å². The van der Waals surface area contributed by atoms with Gasteiger partial charge in [0.1, 0.15) is 22.5 Å². The van der Waals surface area contributed by atoms with Gasteiger partial charge in [0.15, 0.2) is 0 Å². The number of methoxy groups -OCH3 is 1. The van der Waals surface area contributed by atoms with Crippen LogP contribution in [0.4, 0.5) is 13.2 Å². The number of rotatable bonds is 5. The maximum atomic E-state index is 13.7. The van der Waals surface area contributed by atoms with Crippen LogP contribution in [-0.4, -0.2) is 52.2 Å². The number of amides is 2. The second-order valence-electron chi connectivity index (χ2n) is 10.4. The molecule has 1 atom stereocenters. The Kier molecular flexibility index (Phi) is 6.69. The van der Waals surface area contributed by atoms with Crippen LogP contribution in [0.25, 0.3) is 11.3 Å². The maximum Gasteiger partial charge on any atom is 0.393 e. The summed E-state index contributed by atoms with van der Waals surface area (Å²) in [6, 6.07) is 8.50. The van der Waals surface area contributed by atoms with Crippen LogP contribution >= 0.6 is 0 Å². The van der Waals surface area contributed by atoms with Crippen LogP contribution in [0.1, 0.15) is 65.6 Å².